The molecule has 0 spiro atoms. The van der Waals surface area contributed by atoms with Crippen molar-refractivity contribution in [3.8, 4) is 0 Å². The van der Waals surface area contributed by atoms with Gasteiger partial charge in [-0.15, -0.1) is 0 Å². The molecular weight excluding hydrogens is 389 g/mol. The van der Waals surface area contributed by atoms with Crippen LogP contribution in [0.1, 0.15) is 6.23 Å². The molecule has 0 radical (unpaired) electrons. The number of hydrogen-bond acceptors (Lipinski definition) is 9. The highest BCUT2D eigenvalue weighted by molar-refractivity contribution is 8.54. The van der Waals surface area contributed by atoms with Gasteiger partial charge in [0.1, 0.15) is 12.2 Å². The van der Waals surface area contributed by atoms with Crippen LogP contribution in [0.15, 0.2) is 11.1 Å². The number of aliphatic hydroxyl groups excluding tert-OH is 2. The summed E-state index contributed by atoms with van der Waals surface area (Å²) in [4.78, 5) is 42.4. The Hall–Kier alpha value is -1.47. The smallest absolute Gasteiger partial charge is 0.384 e. The standard InChI is InChI=1S/C12H18N5O7PS/c1-16(2)12-14-9-6(10(20)15-12)13-4-17(9)11-8(19)7(18)5(24-11)3-26-25(21,22)23/h4-5,7-8,11,18-19H,3H2,1-2H3,(H,14,15,20)(H2,21,22,23)/t5-,7?,8?,11-/m1/s1. The Labute approximate surface area is 150 Å². The number of rotatable bonds is 5. The summed E-state index contributed by atoms with van der Waals surface area (Å²) in [5.74, 6) is 0.0497. The fraction of sp³-hybridized carbons (Fsp3) is 0.583. The number of nitrogens with zero attached hydrogens (tertiary/aromatic N) is 4. The first-order chi connectivity index (χ1) is 12.1. The summed E-state index contributed by atoms with van der Waals surface area (Å²) >= 11 is 0.317. The second-order valence-electron chi connectivity index (χ2n) is 5.94. The highest BCUT2D eigenvalue weighted by atomic mass is 32.7. The molecule has 2 unspecified atom stereocenters. The van der Waals surface area contributed by atoms with Gasteiger partial charge in [-0.05, 0) is 11.4 Å². The van der Waals surface area contributed by atoms with E-state index in [9.17, 15) is 19.6 Å². The molecule has 2 aromatic rings. The molecule has 4 atom stereocenters. The fourth-order valence-electron chi connectivity index (χ4n) is 2.58. The minimum Gasteiger partial charge on any atom is -0.387 e. The summed E-state index contributed by atoms with van der Waals surface area (Å²) in [5.41, 5.74) is -0.287. The van der Waals surface area contributed by atoms with Gasteiger partial charge in [0.05, 0.1) is 12.4 Å². The molecular formula is C12H18N5O7PS. The van der Waals surface area contributed by atoms with Crippen LogP contribution in [0.2, 0.25) is 0 Å². The maximum absolute atomic E-state index is 12.1. The van der Waals surface area contributed by atoms with E-state index in [1.165, 1.54) is 10.9 Å². The Balaban J connectivity index is 1.93. The quantitative estimate of drug-likeness (QED) is 0.370. The monoisotopic (exact) mass is 407 g/mol. The third-order valence-corrected chi connectivity index (χ3v) is 6.13. The first-order valence-corrected chi connectivity index (χ1v) is 10.6. The van der Waals surface area contributed by atoms with E-state index in [0.29, 0.717) is 11.4 Å². The average molecular weight is 407 g/mol. The summed E-state index contributed by atoms with van der Waals surface area (Å²) in [6.07, 6.45) is -3.63. The minimum absolute atomic E-state index is 0.0360. The van der Waals surface area contributed by atoms with Crippen LogP contribution in [0.25, 0.3) is 11.2 Å². The molecule has 2 aromatic heterocycles. The van der Waals surface area contributed by atoms with Crippen molar-refractivity contribution >= 4 is 35.3 Å². The molecule has 26 heavy (non-hydrogen) atoms. The van der Waals surface area contributed by atoms with Crippen molar-refractivity contribution in [2.45, 2.75) is 24.5 Å². The first-order valence-electron chi connectivity index (χ1n) is 7.44. The Morgan fingerprint density at radius 2 is 2.08 bits per heavy atom. The van der Waals surface area contributed by atoms with Crippen LogP contribution in [0, 0.1) is 0 Å². The van der Waals surface area contributed by atoms with Crippen molar-refractivity contribution in [1.82, 2.24) is 19.5 Å². The van der Waals surface area contributed by atoms with E-state index in [1.54, 1.807) is 19.0 Å². The number of imidazole rings is 1. The number of nitrogens with one attached hydrogen (secondary N) is 1. The molecule has 5 N–H and O–H groups in total. The molecule has 0 aromatic carbocycles. The third kappa shape index (κ3) is 3.64. The van der Waals surface area contributed by atoms with E-state index < -0.39 is 36.9 Å². The summed E-state index contributed by atoms with van der Waals surface area (Å²) < 4.78 is 17.9. The number of fused-ring (bicyclic) bond motifs is 1. The normalized spacial score (nSPS) is 26.5. The van der Waals surface area contributed by atoms with Crippen molar-refractivity contribution in [2.75, 3.05) is 24.7 Å². The lowest BCUT2D eigenvalue weighted by atomic mass is 10.1. The Morgan fingerprint density at radius 1 is 1.38 bits per heavy atom. The number of aromatic amines is 1. The molecule has 0 bridgehead atoms. The molecule has 3 rings (SSSR count). The fourth-order valence-corrected chi connectivity index (χ4v) is 4.22. The summed E-state index contributed by atoms with van der Waals surface area (Å²) in [7, 11) is 3.37. The van der Waals surface area contributed by atoms with Gasteiger partial charge >= 0.3 is 6.80 Å². The van der Waals surface area contributed by atoms with Crippen LogP contribution in [-0.4, -0.2) is 77.7 Å². The van der Waals surface area contributed by atoms with Crippen LogP contribution in [0.3, 0.4) is 0 Å². The van der Waals surface area contributed by atoms with Crippen molar-refractivity contribution < 1.29 is 29.3 Å². The van der Waals surface area contributed by atoms with Gasteiger partial charge in [-0.1, -0.05) is 0 Å². The molecule has 1 saturated heterocycles. The highest BCUT2D eigenvalue weighted by Gasteiger charge is 2.45. The number of ether oxygens (including phenoxy) is 1. The summed E-state index contributed by atoms with van der Waals surface area (Å²) in [6, 6.07) is 0. The molecule has 12 nitrogen and oxygen atoms in total. The second kappa shape index (κ2) is 6.93. The second-order valence-corrected chi connectivity index (χ2v) is 9.71. The molecule has 0 saturated carbocycles. The third-order valence-electron chi connectivity index (χ3n) is 3.86. The number of aromatic nitrogens is 4. The van der Waals surface area contributed by atoms with Crippen molar-refractivity contribution in [2.24, 2.45) is 0 Å². The van der Waals surface area contributed by atoms with Crippen molar-refractivity contribution in [1.29, 1.82) is 0 Å². The number of H-pyrrole nitrogens is 1. The molecule has 14 heteroatoms. The van der Waals surface area contributed by atoms with Crippen LogP contribution in [0.5, 0.6) is 0 Å². The van der Waals surface area contributed by atoms with Gasteiger partial charge < -0.3 is 29.6 Å². The molecule has 0 aliphatic carbocycles. The van der Waals surface area contributed by atoms with Gasteiger partial charge in [-0.25, -0.2) is 9.55 Å². The maximum Gasteiger partial charge on any atom is 0.384 e. The number of hydrogen-bond donors (Lipinski definition) is 5. The van der Waals surface area contributed by atoms with Gasteiger partial charge in [0.15, 0.2) is 17.4 Å². The van der Waals surface area contributed by atoms with E-state index in [1.807, 2.05) is 0 Å². The molecule has 1 aliphatic heterocycles. The number of aliphatic hydroxyl groups is 2. The van der Waals surface area contributed by atoms with Gasteiger partial charge in [-0.2, -0.15) is 4.98 Å². The zero-order chi connectivity index (χ0) is 19.2. The van der Waals surface area contributed by atoms with E-state index in [-0.39, 0.29) is 22.9 Å². The van der Waals surface area contributed by atoms with Gasteiger partial charge in [-0.3, -0.25) is 14.3 Å². The largest absolute Gasteiger partial charge is 0.387 e. The lowest BCUT2D eigenvalue weighted by Crippen LogP contribution is -2.32. The first kappa shape index (κ1) is 19.3. The molecule has 3 heterocycles. The van der Waals surface area contributed by atoms with Crippen LogP contribution in [-0.2, 0) is 9.30 Å². The molecule has 1 aliphatic rings. The molecule has 144 valence electrons. The van der Waals surface area contributed by atoms with Crippen LogP contribution < -0.4 is 10.5 Å². The van der Waals surface area contributed by atoms with Gasteiger partial charge in [0.2, 0.25) is 5.95 Å². The average Bonchev–Trinajstić information content (AvgIpc) is 3.08. The van der Waals surface area contributed by atoms with E-state index >= 15 is 0 Å². The Morgan fingerprint density at radius 3 is 2.69 bits per heavy atom. The zero-order valence-corrected chi connectivity index (χ0v) is 15.5. The zero-order valence-electron chi connectivity index (χ0n) is 13.8. The molecule has 0 amide bonds. The predicted octanol–water partition coefficient (Wildman–Crippen LogP) is -1.37. The van der Waals surface area contributed by atoms with Gasteiger partial charge in [0.25, 0.3) is 5.56 Å². The summed E-state index contributed by atoms with van der Waals surface area (Å²) in [5, 5.41) is 20.4. The van der Waals surface area contributed by atoms with Gasteiger partial charge in [0, 0.05) is 19.8 Å². The van der Waals surface area contributed by atoms with Crippen molar-refractivity contribution in [3.63, 3.8) is 0 Å². The maximum atomic E-state index is 12.1. The Kier molecular flexibility index (Phi) is 5.14. The number of anilines is 1. The topological polar surface area (TPSA) is 174 Å². The van der Waals surface area contributed by atoms with Crippen LogP contribution in [0.4, 0.5) is 5.95 Å². The highest BCUT2D eigenvalue weighted by Crippen LogP contribution is 2.51. The van der Waals surface area contributed by atoms with Crippen LogP contribution >= 0.6 is 18.2 Å². The van der Waals surface area contributed by atoms with E-state index in [0.717, 1.165) is 0 Å². The minimum atomic E-state index is -4.35. The van der Waals surface area contributed by atoms with Crippen molar-refractivity contribution in [3.05, 3.63) is 16.7 Å². The SMILES string of the molecule is CN(C)c1nc2c(ncn2[C@@H]2O[C@H](CSP(=O)(O)O)C(O)C2O)c(=O)[nH]1. The lowest BCUT2D eigenvalue weighted by Gasteiger charge is -2.17. The lowest BCUT2D eigenvalue weighted by molar-refractivity contribution is -0.0288. The predicted molar refractivity (Wildman–Crippen MR) is 92.9 cm³/mol. The Bertz CT molecular complexity index is 911. The summed E-state index contributed by atoms with van der Waals surface area (Å²) in [6.45, 7) is -4.35. The van der Waals surface area contributed by atoms with E-state index in [4.69, 9.17) is 14.5 Å². The molecule has 1 fully saturated rings. The van der Waals surface area contributed by atoms with E-state index in [2.05, 4.69) is 15.0 Å².